The third-order valence-corrected chi connectivity index (χ3v) is 7.06. The minimum absolute atomic E-state index is 0.129. The van der Waals surface area contributed by atoms with Gasteiger partial charge in [-0.05, 0) is 43.2 Å². The molecule has 0 heterocycles. The van der Waals surface area contributed by atoms with E-state index in [0.717, 1.165) is 31.9 Å². The van der Waals surface area contributed by atoms with Gasteiger partial charge in [0.2, 0.25) is 11.8 Å². The number of carbonyl (C=O) groups excluding carboxylic acids is 2. The van der Waals surface area contributed by atoms with E-state index in [1.807, 2.05) is 31.2 Å². The van der Waals surface area contributed by atoms with Crippen LogP contribution in [0, 0.1) is 12.7 Å². The summed E-state index contributed by atoms with van der Waals surface area (Å²) in [4.78, 5) is 27.4. The average Bonchev–Trinajstić information content (AvgIpc) is 2.78. The predicted octanol–water partition coefficient (Wildman–Crippen LogP) is 2.30. The van der Waals surface area contributed by atoms with Crippen LogP contribution < -0.4 is 9.62 Å². The van der Waals surface area contributed by atoms with Gasteiger partial charge in [0.15, 0.2) is 0 Å². The Hall–Kier alpha value is -2.98. The van der Waals surface area contributed by atoms with Gasteiger partial charge in [-0.3, -0.25) is 9.59 Å². The maximum Gasteiger partial charge on any atom is 0.304 e. The lowest BCUT2D eigenvalue weighted by Gasteiger charge is -2.33. The Morgan fingerprint density at radius 1 is 1.03 bits per heavy atom. The Labute approximate surface area is 195 Å². The van der Waals surface area contributed by atoms with Crippen LogP contribution in [0.3, 0.4) is 0 Å². The van der Waals surface area contributed by atoms with E-state index >= 15 is 0 Å². The number of rotatable bonds is 10. The Kier molecular flexibility index (Phi) is 8.95. The second-order valence-electron chi connectivity index (χ2n) is 7.82. The van der Waals surface area contributed by atoms with Crippen molar-refractivity contribution in [2.75, 3.05) is 32.0 Å². The third kappa shape index (κ3) is 6.52. The maximum atomic E-state index is 13.5. The van der Waals surface area contributed by atoms with E-state index in [2.05, 4.69) is 5.32 Å². The van der Waals surface area contributed by atoms with Gasteiger partial charge in [-0.15, -0.1) is 0 Å². The van der Waals surface area contributed by atoms with E-state index in [0.29, 0.717) is 6.42 Å². The summed E-state index contributed by atoms with van der Waals surface area (Å²) in [6, 6.07) is 11.6. The number of hydrogen-bond acceptors (Lipinski definition) is 4. The Morgan fingerprint density at radius 2 is 1.61 bits per heavy atom. The SMILES string of the molecule is CC[C@@H](C(=O)NC)N(Cc1ccc(C)cc1)C(=O)CN(c1ccc(F)cc1)S(=O)(=O)N(C)C. The molecule has 0 saturated heterocycles. The lowest BCUT2D eigenvalue weighted by atomic mass is 10.1. The van der Waals surface area contributed by atoms with Crippen LogP contribution in [0.25, 0.3) is 0 Å². The second-order valence-corrected chi connectivity index (χ2v) is 9.89. The summed E-state index contributed by atoms with van der Waals surface area (Å²) in [6.45, 7) is 3.30. The minimum Gasteiger partial charge on any atom is -0.357 e. The molecule has 2 aromatic rings. The van der Waals surface area contributed by atoms with Gasteiger partial charge in [0.25, 0.3) is 0 Å². The number of nitrogens with zero attached hydrogens (tertiary/aromatic N) is 3. The first-order valence-corrected chi connectivity index (χ1v) is 11.9. The average molecular weight is 479 g/mol. The molecule has 0 aliphatic heterocycles. The van der Waals surface area contributed by atoms with Crippen molar-refractivity contribution in [3.05, 3.63) is 65.5 Å². The molecule has 33 heavy (non-hydrogen) atoms. The van der Waals surface area contributed by atoms with E-state index in [-0.39, 0.29) is 18.1 Å². The first-order valence-electron chi connectivity index (χ1n) is 10.5. The van der Waals surface area contributed by atoms with Crippen LogP contribution in [0.15, 0.2) is 48.5 Å². The van der Waals surface area contributed by atoms with Crippen molar-refractivity contribution < 1.29 is 22.4 Å². The standard InChI is InChI=1S/C23H31FN4O4S/c1-6-21(23(30)25-3)27(15-18-9-7-17(2)8-10-18)22(29)16-28(33(31,32)26(4)5)20-13-11-19(24)12-14-20/h7-14,21H,6,15-16H2,1-5H3,(H,25,30)/t21-/m0/s1. The molecule has 2 amide bonds. The number of halogens is 1. The summed E-state index contributed by atoms with van der Waals surface area (Å²) < 4.78 is 41.3. The van der Waals surface area contributed by atoms with Crippen molar-refractivity contribution in [2.24, 2.45) is 0 Å². The Bertz CT molecular complexity index is 1060. The number of carbonyl (C=O) groups is 2. The topological polar surface area (TPSA) is 90.0 Å². The van der Waals surface area contributed by atoms with Gasteiger partial charge in [-0.25, -0.2) is 8.70 Å². The summed E-state index contributed by atoms with van der Waals surface area (Å²) >= 11 is 0. The zero-order chi connectivity index (χ0) is 24.8. The van der Waals surface area contributed by atoms with Gasteiger partial charge in [0.05, 0.1) is 5.69 Å². The molecule has 2 rings (SSSR count). The van der Waals surface area contributed by atoms with E-state index in [1.54, 1.807) is 6.92 Å². The molecule has 2 aromatic carbocycles. The highest BCUT2D eigenvalue weighted by Crippen LogP contribution is 2.21. The zero-order valence-corrected chi connectivity index (χ0v) is 20.4. The fourth-order valence-corrected chi connectivity index (χ4v) is 4.36. The van der Waals surface area contributed by atoms with Crippen molar-refractivity contribution in [1.29, 1.82) is 0 Å². The first kappa shape index (κ1) is 26.3. The Balaban J connectivity index is 2.47. The lowest BCUT2D eigenvalue weighted by molar-refractivity contribution is -0.140. The summed E-state index contributed by atoms with van der Waals surface area (Å²) in [5.74, 6) is -1.43. The fourth-order valence-electron chi connectivity index (χ4n) is 3.30. The molecule has 1 atom stereocenters. The van der Waals surface area contributed by atoms with Crippen LogP contribution in [0.5, 0.6) is 0 Å². The van der Waals surface area contributed by atoms with Crippen LogP contribution in [0.4, 0.5) is 10.1 Å². The quantitative estimate of drug-likeness (QED) is 0.568. The molecule has 0 radical (unpaired) electrons. The molecule has 0 aliphatic carbocycles. The molecule has 8 nitrogen and oxygen atoms in total. The molecule has 0 aromatic heterocycles. The summed E-state index contributed by atoms with van der Waals surface area (Å²) in [7, 11) is 0.107. The fraction of sp³-hybridized carbons (Fsp3) is 0.391. The molecule has 0 unspecified atom stereocenters. The number of nitrogens with one attached hydrogen (secondary N) is 1. The second kappa shape index (κ2) is 11.2. The van der Waals surface area contributed by atoms with Gasteiger partial charge in [0.1, 0.15) is 18.4 Å². The van der Waals surface area contributed by atoms with E-state index in [4.69, 9.17) is 0 Å². The molecule has 1 N–H and O–H groups in total. The molecule has 0 saturated carbocycles. The van der Waals surface area contributed by atoms with Crippen molar-refractivity contribution >= 4 is 27.7 Å². The first-order chi connectivity index (χ1) is 15.5. The van der Waals surface area contributed by atoms with Crippen LogP contribution in [0.2, 0.25) is 0 Å². The largest absolute Gasteiger partial charge is 0.357 e. The van der Waals surface area contributed by atoms with Crippen molar-refractivity contribution in [2.45, 2.75) is 32.9 Å². The zero-order valence-electron chi connectivity index (χ0n) is 19.6. The lowest BCUT2D eigenvalue weighted by Crippen LogP contribution is -2.52. The highest BCUT2D eigenvalue weighted by Gasteiger charge is 2.33. The van der Waals surface area contributed by atoms with E-state index in [9.17, 15) is 22.4 Å². The van der Waals surface area contributed by atoms with Crippen molar-refractivity contribution in [3.63, 3.8) is 0 Å². The molecule has 0 spiro atoms. The Morgan fingerprint density at radius 3 is 2.09 bits per heavy atom. The third-order valence-electron chi connectivity index (χ3n) is 5.24. The highest BCUT2D eigenvalue weighted by atomic mass is 32.2. The molecule has 0 bridgehead atoms. The molecular formula is C23H31FN4O4S. The number of likely N-dealkylation sites (N-methyl/N-ethyl adjacent to an activating group) is 1. The van der Waals surface area contributed by atoms with Gasteiger partial charge >= 0.3 is 10.2 Å². The van der Waals surface area contributed by atoms with Gasteiger partial charge in [-0.1, -0.05) is 36.8 Å². The van der Waals surface area contributed by atoms with Crippen LogP contribution in [0.1, 0.15) is 24.5 Å². The van der Waals surface area contributed by atoms with Crippen molar-refractivity contribution in [3.8, 4) is 0 Å². The number of aryl methyl sites for hydroxylation is 1. The molecule has 0 fully saturated rings. The van der Waals surface area contributed by atoms with Gasteiger partial charge in [-0.2, -0.15) is 12.7 Å². The van der Waals surface area contributed by atoms with Crippen LogP contribution in [-0.4, -0.2) is 63.2 Å². The summed E-state index contributed by atoms with van der Waals surface area (Å²) in [5.41, 5.74) is 2.00. The highest BCUT2D eigenvalue weighted by molar-refractivity contribution is 7.90. The summed E-state index contributed by atoms with van der Waals surface area (Å²) in [5, 5.41) is 2.57. The monoisotopic (exact) mass is 478 g/mol. The molecule has 10 heteroatoms. The smallest absolute Gasteiger partial charge is 0.304 e. The minimum atomic E-state index is -4.07. The van der Waals surface area contributed by atoms with E-state index in [1.165, 1.54) is 38.2 Å². The van der Waals surface area contributed by atoms with Crippen LogP contribution in [-0.2, 0) is 26.3 Å². The van der Waals surface area contributed by atoms with E-state index < -0.39 is 34.5 Å². The predicted molar refractivity (Wildman–Crippen MR) is 126 cm³/mol. The normalized spacial score (nSPS) is 12.3. The molecular weight excluding hydrogens is 447 g/mol. The summed E-state index contributed by atoms with van der Waals surface area (Å²) in [6.07, 6.45) is 0.342. The van der Waals surface area contributed by atoms with Gasteiger partial charge in [0, 0.05) is 27.7 Å². The number of anilines is 1. The number of hydrogen-bond donors (Lipinski definition) is 1. The number of amides is 2. The van der Waals surface area contributed by atoms with Crippen LogP contribution >= 0.6 is 0 Å². The van der Waals surface area contributed by atoms with Gasteiger partial charge < -0.3 is 10.2 Å². The molecule has 0 aliphatic rings. The van der Waals surface area contributed by atoms with Crippen molar-refractivity contribution in [1.82, 2.24) is 14.5 Å². The number of benzene rings is 2. The molecule has 180 valence electrons. The maximum absolute atomic E-state index is 13.5.